The van der Waals surface area contributed by atoms with E-state index in [9.17, 15) is 0 Å². The lowest BCUT2D eigenvalue weighted by Gasteiger charge is -2.26. The van der Waals surface area contributed by atoms with Crippen molar-refractivity contribution in [3.8, 4) is 0 Å². The predicted molar refractivity (Wildman–Crippen MR) is 83.6 cm³/mol. The summed E-state index contributed by atoms with van der Waals surface area (Å²) in [7, 11) is 2.23. The van der Waals surface area contributed by atoms with E-state index in [0.29, 0.717) is 0 Å². The van der Waals surface area contributed by atoms with Gasteiger partial charge in [0.05, 0.1) is 0 Å². The van der Waals surface area contributed by atoms with Crippen molar-refractivity contribution in [1.82, 2.24) is 0 Å². The first-order chi connectivity index (χ1) is 9.20. The summed E-state index contributed by atoms with van der Waals surface area (Å²) in [6, 6.07) is 9.02. The second-order valence-electron chi connectivity index (χ2n) is 6.03. The van der Waals surface area contributed by atoms with Crippen LogP contribution in [0.3, 0.4) is 0 Å². The highest BCUT2D eigenvalue weighted by molar-refractivity contribution is 5.53. The van der Waals surface area contributed by atoms with Gasteiger partial charge in [-0.15, -0.1) is 0 Å². The van der Waals surface area contributed by atoms with Crippen LogP contribution >= 0.6 is 0 Å². The molecule has 1 atom stereocenters. The molecule has 2 rings (SSSR count). The van der Waals surface area contributed by atoms with Crippen LogP contribution in [-0.2, 0) is 6.42 Å². The smallest absolute Gasteiger partial charge is 0.0396 e. The molecular formula is C17H28N2. The Morgan fingerprint density at radius 1 is 1.26 bits per heavy atom. The molecule has 1 saturated carbocycles. The van der Waals surface area contributed by atoms with Crippen molar-refractivity contribution in [3.63, 3.8) is 0 Å². The molecule has 0 aromatic heterocycles. The van der Waals surface area contributed by atoms with E-state index in [1.165, 1.54) is 43.5 Å². The minimum absolute atomic E-state index is 0.279. The number of nitrogens with two attached hydrogens (primary N) is 1. The maximum atomic E-state index is 6.12. The fourth-order valence-corrected chi connectivity index (χ4v) is 3.16. The van der Waals surface area contributed by atoms with E-state index in [1.807, 2.05) is 0 Å². The lowest BCUT2D eigenvalue weighted by molar-refractivity contribution is 0.545. The topological polar surface area (TPSA) is 29.3 Å². The fourth-order valence-electron chi connectivity index (χ4n) is 3.16. The molecule has 0 heterocycles. The Hall–Kier alpha value is -1.02. The molecule has 1 fully saturated rings. The van der Waals surface area contributed by atoms with E-state index in [-0.39, 0.29) is 6.04 Å². The average Bonchev–Trinajstić information content (AvgIpc) is 2.92. The largest absolute Gasteiger partial charge is 0.374 e. The van der Waals surface area contributed by atoms with Crippen molar-refractivity contribution < 1.29 is 0 Å². The van der Waals surface area contributed by atoms with Gasteiger partial charge in [0.2, 0.25) is 0 Å². The molecule has 1 aromatic rings. The van der Waals surface area contributed by atoms with Crippen LogP contribution in [0.15, 0.2) is 24.3 Å². The van der Waals surface area contributed by atoms with E-state index in [4.69, 9.17) is 5.73 Å². The standard InChI is InChI=1S/C17H28N2/c1-3-16(18)12-15-10-6-7-11-17(15)19(2)13-14-8-4-5-9-14/h6-7,10-11,14,16H,3-5,8-9,12-13,18H2,1-2H3. The molecule has 19 heavy (non-hydrogen) atoms. The van der Waals surface area contributed by atoms with Crippen molar-refractivity contribution >= 4 is 5.69 Å². The zero-order valence-corrected chi connectivity index (χ0v) is 12.4. The Kier molecular flexibility index (Phi) is 5.26. The van der Waals surface area contributed by atoms with E-state index in [1.54, 1.807) is 0 Å². The van der Waals surface area contributed by atoms with Gasteiger partial charge < -0.3 is 10.6 Å². The molecule has 1 aromatic carbocycles. The molecule has 1 unspecified atom stereocenters. The maximum absolute atomic E-state index is 6.12. The highest BCUT2D eigenvalue weighted by atomic mass is 15.1. The molecule has 106 valence electrons. The van der Waals surface area contributed by atoms with Gasteiger partial charge in [0.15, 0.2) is 0 Å². The quantitative estimate of drug-likeness (QED) is 0.847. The second-order valence-corrected chi connectivity index (χ2v) is 6.03. The Balaban J connectivity index is 2.04. The van der Waals surface area contributed by atoms with Gasteiger partial charge in [0, 0.05) is 25.3 Å². The van der Waals surface area contributed by atoms with Crippen LogP contribution in [0.1, 0.15) is 44.6 Å². The third kappa shape index (κ3) is 3.97. The number of para-hydroxylation sites is 1. The molecule has 0 radical (unpaired) electrons. The number of anilines is 1. The lowest BCUT2D eigenvalue weighted by Crippen LogP contribution is -2.27. The fraction of sp³-hybridized carbons (Fsp3) is 0.647. The number of hydrogen-bond donors (Lipinski definition) is 1. The molecule has 0 bridgehead atoms. The summed E-state index contributed by atoms with van der Waals surface area (Å²) in [5.74, 6) is 0.887. The van der Waals surface area contributed by atoms with E-state index in [0.717, 1.165) is 18.8 Å². The minimum atomic E-state index is 0.279. The van der Waals surface area contributed by atoms with Gasteiger partial charge in [-0.25, -0.2) is 0 Å². The van der Waals surface area contributed by atoms with Gasteiger partial charge in [-0.3, -0.25) is 0 Å². The molecular weight excluding hydrogens is 232 g/mol. The molecule has 2 nitrogen and oxygen atoms in total. The van der Waals surface area contributed by atoms with Crippen LogP contribution in [0.25, 0.3) is 0 Å². The molecule has 1 aliphatic rings. The van der Waals surface area contributed by atoms with Crippen molar-refractivity contribution in [3.05, 3.63) is 29.8 Å². The first-order valence-corrected chi connectivity index (χ1v) is 7.75. The Labute approximate surface area is 118 Å². The molecule has 0 saturated heterocycles. The van der Waals surface area contributed by atoms with Crippen molar-refractivity contribution in [2.45, 2.75) is 51.5 Å². The molecule has 2 N–H and O–H groups in total. The summed E-state index contributed by atoms with van der Waals surface area (Å²) in [5, 5.41) is 0. The SMILES string of the molecule is CCC(N)Cc1ccccc1N(C)CC1CCCC1. The number of rotatable bonds is 6. The summed E-state index contributed by atoms with van der Waals surface area (Å²) in [5.41, 5.74) is 8.89. The zero-order chi connectivity index (χ0) is 13.7. The van der Waals surface area contributed by atoms with Crippen LogP contribution in [0.4, 0.5) is 5.69 Å². The van der Waals surface area contributed by atoms with Gasteiger partial charge in [-0.1, -0.05) is 38.0 Å². The maximum Gasteiger partial charge on any atom is 0.0396 e. The molecule has 2 heteroatoms. The van der Waals surface area contributed by atoms with Crippen molar-refractivity contribution in [2.24, 2.45) is 11.7 Å². The highest BCUT2D eigenvalue weighted by Gasteiger charge is 2.18. The van der Waals surface area contributed by atoms with Crippen LogP contribution in [0, 0.1) is 5.92 Å². The Bertz CT molecular complexity index is 383. The summed E-state index contributed by atoms with van der Waals surface area (Å²) in [6.07, 6.45) is 7.67. The van der Waals surface area contributed by atoms with Crippen LogP contribution < -0.4 is 10.6 Å². The lowest BCUT2D eigenvalue weighted by atomic mass is 10.0. The average molecular weight is 260 g/mol. The number of benzene rings is 1. The molecule has 1 aliphatic carbocycles. The van der Waals surface area contributed by atoms with E-state index >= 15 is 0 Å². The first-order valence-electron chi connectivity index (χ1n) is 7.75. The number of nitrogens with zero attached hydrogens (tertiary/aromatic N) is 1. The van der Waals surface area contributed by atoms with Crippen LogP contribution in [0.2, 0.25) is 0 Å². The van der Waals surface area contributed by atoms with Gasteiger partial charge in [0.1, 0.15) is 0 Å². The molecule has 0 aliphatic heterocycles. The van der Waals surface area contributed by atoms with Crippen LogP contribution in [-0.4, -0.2) is 19.6 Å². The second kappa shape index (κ2) is 6.95. The van der Waals surface area contributed by atoms with Gasteiger partial charge >= 0.3 is 0 Å². The normalized spacial score (nSPS) is 17.6. The van der Waals surface area contributed by atoms with Gasteiger partial charge in [0.25, 0.3) is 0 Å². The van der Waals surface area contributed by atoms with Gasteiger partial charge in [-0.2, -0.15) is 0 Å². The van der Waals surface area contributed by atoms with Gasteiger partial charge in [-0.05, 0) is 43.2 Å². The zero-order valence-electron chi connectivity index (χ0n) is 12.4. The third-order valence-electron chi connectivity index (χ3n) is 4.42. The third-order valence-corrected chi connectivity index (χ3v) is 4.42. The van der Waals surface area contributed by atoms with Crippen LogP contribution in [0.5, 0.6) is 0 Å². The minimum Gasteiger partial charge on any atom is -0.374 e. The summed E-state index contributed by atoms with van der Waals surface area (Å²) < 4.78 is 0. The highest BCUT2D eigenvalue weighted by Crippen LogP contribution is 2.28. The summed E-state index contributed by atoms with van der Waals surface area (Å²) in [6.45, 7) is 3.36. The monoisotopic (exact) mass is 260 g/mol. The molecule has 0 amide bonds. The Morgan fingerprint density at radius 3 is 2.63 bits per heavy atom. The predicted octanol–water partition coefficient (Wildman–Crippen LogP) is 3.59. The van der Waals surface area contributed by atoms with Crippen molar-refractivity contribution in [1.29, 1.82) is 0 Å². The van der Waals surface area contributed by atoms with Crippen molar-refractivity contribution in [2.75, 3.05) is 18.5 Å². The van der Waals surface area contributed by atoms with E-state index in [2.05, 4.69) is 43.1 Å². The molecule has 0 spiro atoms. The summed E-state index contributed by atoms with van der Waals surface area (Å²) >= 11 is 0. The number of hydrogen-bond acceptors (Lipinski definition) is 2. The Morgan fingerprint density at radius 2 is 1.95 bits per heavy atom. The van der Waals surface area contributed by atoms with E-state index < -0.39 is 0 Å². The summed E-state index contributed by atoms with van der Waals surface area (Å²) in [4.78, 5) is 2.44. The first kappa shape index (κ1) is 14.4.